The van der Waals surface area contributed by atoms with Crippen molar-refractivity contribution in [2.45, 2.75) is 6.61 Å². The van der Waals surface area contributed by atoms with Gasteiger partial charge in [-0.25, -0.2) is 0 Å². The molecule has 0 amide bonds. The number of ether oxygens (including phenoxy) is 2. The average Bonchev–Trinajstić information content (AvgIpc) is 2.46. The predicted molar refractivity (Wildman–Crippen MR) is 78.2 cm³/mol. The summed E-state index contributed by atoms with van der Waals surface area (Å²) in [6.45, 7) is 0.340. The molecule has 0 saturated heterocycles. The Morgan fingerprint density at radius 1 is 1.25 bits per heavy atom. The number of oxime groups is 1. The molecule has 0 radical (unpaired) electrons. The highest BCUT2D eigenvalue weighted by Crippen LogP contribution is 2.31. The minimum Gasteiger partial charge on any atom is -0.493 e. The zero-order chi connectivity index (χ0) is 14.4. The van der Waals surface area contributed by atoms with Crippen LogP contribution in [0.3, 0.4) is 0 Å². The van der Waals surface area contributed by atoms with Gasteiger partial charge in [-0.15, -0.1) is 0 Å². The zero-order valence-corrected chi connectivity index (χ0v) is 11.7. The third-order valence-corrected chi connectivity index (χ3v) is 2.93. The first kappa shape index (κ1) is 14.2. The molecule has 0 unspecified atom stereocenters. The van der Waals surface area contributed by atoms with E-state index in [4.69, 9.17) is 26.3 Å². The van der Waals surface area contributed by atoms with E-state index < -0.39 is 0 Å². The van der Waals surface area contributed by atoms with E-state index >= 15 is 0 Å². The van der Waals surface area contributed by atoms with Crippen LogP contribution in [0.5, 0.6) is 11.5 Å². The van der Waals surface area contributed by atoms with E-state index in [1.54, 1.807) is 31.4 Å². The molecule has 0 fully saturated rings. The standard InChI is InChI=1S/C15H14ClNO3/c1-19-14-7-3-5-12(9-17-18)15(14)20-10-11-4-2-6-13(16)8-11/h2-9,18H,10H2,1H3/b17-9+. The first-order valence-electron chi connectivity index (χ1n) is 5.96. The third kappa shape index (κ3) is 3.42. The van der Waals surface area contributed by atoms with Crippen LogP contribution in [-0.4, -0.2) is 18.5 Å². The SMILES string of the molecule is COc1cccc(/C=N/O)c1OCc1cccc(Cl)c1. The van der Waals surface area contributed by atoms with E-state index in [1.165, 1.54) is 6.21 Å². The third-order valence-electron chi connectivity index (χ3n) is 2.70. The van der Waals surface area contributed by atoms with Crippen molar-refractivity contribution < 1.29 is 14.7 Å². The molecule has 104 valence electrons. The molecule has 0 atom stereocenters. The minimum atomic E-state index is 0.340. The van der Waals surface area contributed by atoms with Crippen LogP contribution in [0.4, 0.5) is 0 Å². The van der Waals surface area contributed by atoms with Gasteiger partial charge >= 0.3 is 0 Å². The zero-order valence-electron chi connectivity index (χ0n) is 10.9. The lowest BCUT2D eigenvalue weighted by Crippen LogP contribution is -2.01. The number of hydrogen-bond donors (Lipinski definition) is 1. The van der Waals surface area contributed by atoms with Crippen molar-refractivity contribution in [3.63, 3.8) is 0 Å². The molecule has 0 aliphatic rings. The fourth-order valence-electron chi connectivity index (χ4n) is 1.79. The molecule has 0 aromatic heterocycles. The van der Waals surface area contributed by atoms with Crippen LogP contribution in [0, 0.1) is 0 Å². The number of para-hydroxylation sites is 1. The van der Waals surface area contributed by atoms with Crippen LogP contribution in [0.15, 0.2) is 47.6 Å². The molecule has 0 heterocycles. The van der Waals surface area contributed by atoms with E-state index in [2.05, 4.69) is 5.16 Å². The maximum absolute atomic E-state index is 8.69. The average molecular weight is 292 g/mol. The maximum Gasteiger partial charge on any atom is 0.170 e. The predicted octanol–water partition coefficient (Wildman–Crippen LogP) is 3.74. The van der Waals surface area contributed by atoms with E-state index in [1.807, 2.05) is 18.2 Å². The van der Waals surface area contributed by atoms with Crippen LogP contribution in [0.25, 0.3) is 0 Å². The van der Waals surface area contributed by atoms with Crippen LogP contribution in [0.1, 0.15) is 11.1 Å². The number of rotatable bonds is 5. The summed E-state index contributed by atoms with van der Waals surface area (Å²) in [6.07, 6.45) is 1.30. The number of benzene rings is 2. The highest BCUT2D eigenvalue weighted by molar-refractivity contribution is 6.30. The van der Waals surface area contributed by atoms with Gasteiger partial charge in [0.05, 0.1) is 13.3 Å². The summed E-state index contributed by atoms with van der Waals surface area (Å²) in [6, 6.07) is 12.8. The monoisotopic (exact) mass is 291 g/mol. The van der Waals surface area contributed by atoms with Gasteiger partial charge in [-0.1, -0.05) is 35.0 Å². The van der Waals surface area contributed by atoms with Crippen molar-refractivity contribution in [1.29, 1.82) is 0 Å². The second-order valence-electron chi connectivity index (χ2n) is 4.04. The quantitative estimate of drug-likeness (QED) is 0.519. The smallest absolute Gasteiger partial charge is 0.170 e. The van der Waals surface area contributed by atoms with Gasteiger partial charge in [0.25, 0.3) is 0 Å². The Balaban J connectivity index is 2.23. The van der Waals surface area contributed by atoms with Crippen LogP contribution < -0.4 is 9.47 Å². The lowest BCUT2D eigenvalue weighted by atomic mass is 10.2. The van der Waals surface area contributed by atoms with Crippen LogP contribution in [-0.2, 0) is 6.61 Å². The van der Waals surface area contributed by atoms with Crippen molar-refractivity contribution in [2.75, 3.05) is 7.11 Å². The second-order valence-corrected chi connectivity index (χ2v) is 4.48. The summed E-state index contributed by atoms with van der Waals surface area (Å²) >= 11 is 5.93. The van der Waals surface area contributed by atoms with Crippen molar-refractivity contribution in [1.82, 2.24) is 0 Å². The molecule has 0 bridgehead atoms. The Labute approximate surface area is 122 Å². The molecular formula is C15H14ClNO3. The van der Waals surface area contributed by atoms with Gasteiger partial charge in [0, 0.05) is 10.6 Å². The van der Waals surface area contributed by atoms with Gasteiger partial charge in [-0.2, -0.15) is 0 Å². The van der Waals surface area contributed by atoms with Crippen molar-refractivity contribution in [2.24, 2.45) is 5.16 Å². The molecule has 0 saturated carbocycles. The number of nitrogens with zero attached hydrogens (tertiary/aromatic N) is 1. The Morgan fingerprint density at radius 3 is 2.75 bits per heavy atom. The molecule has 20 heavy (non-hydrogen) atoms. The Bertz CT molecular complexity index is 614. The lowest BCUT2D eigenvalue weighted by molar-refractivity contribution is 0.283. The highest BCUT2D eigenvalue weighted by atomic mass is 35.5. The lowest BCUT2D eigenvalue weighted by Gasteiger charge is -2.13. The molecule has 2 rings (SSSR count). The molecular weight excluding hydrogens is 278 g/mol. The largest absolute Gasteiger partial charge is 0.493 e. The Kier molecular flexibility index (Phi) is 4.85. The highest BCUT2D eigenvalue weighted by Gasteiger charge is 2.09. The minimum absolute atomic E-state index is 0.340. The summed E-state index contributed by atoms with van der Waals surface area (Å²) in [7, 11) is 1.56. The summed E-state index contributed by atoms with van der Waals surface area (Å²) in [4.78, 5) is 0. The van der Waals surface area contributed by atoms with Crippen LogP contribution in [0.2, 0.25) is 5.02 Å². The van der Waals surface area contributed by atoms with Crippen molar-refractivity contribution in [3.8, 4) is 11.5 Å². The molecule has 2 aromatic carbocycles. The van der Waals surface area contributed by atoms with Gasteiger partial charge in [-0.3, -0.25) is 0 Å². The topological polar surface area (TPSA) is 51.0 Å². The number of methoxy groups -OCH3 is 1. The molecule has 5 heteroatoms. The molecule has 1 N–H and O–H groups in total. The van der Waals surface area contributed by atoms with Gasteiger partial charge in [0.1, 0.15) is 6.61 Å². The van der Waals surface area contributed by atoms with Gasteiger partial charge in [0.2, 0.25) is 0 Å². The Morgan fingerprint density at radius 2 is 2.05 bits per heavy atom. The molecule has 4 nitrogen and oxygen atoms in total. The molecule has 0 aliphatic carbocycles. The summed E-state index contributed by atoms with van der Waals surface area (Å²) in [5.74, 6) is 1.09. The molecule has 0 spiro atoms. The fraction of sp³-hybridized carbons (Fsp3) is 0.133. The van der Waals surface area contributed by atoms with Gasteiger partial charge in [-0.05, 0) is 29.8 Å². The van der Waals surface area contributed by atoms with Crippen molar-refractivity contribution >= 4 is 17.8 Å². The van der Waals surface area contributed by atoms with E-state index in [0.717, 1.165) is 5.56 Å². The molecule has 0 aliphatic heterocycles. The first-order valence-corrected chi connectivity index (χ1v) is 6.34. The summed E-state index contributed by atoms with van der Waals surface area (Å²) in [5.41, 5.74) is 1.57. The van der Waals surface area contributed by atoms with E-state index in [0.29, 0.717) is 28.7 Å². The van der Waals surface area contributed by atoms with Gasteiger partial charge < -0.3 is 14.7 Å². The van der Waals surface area contributed by atoms with E-state index in [-0.39, 0.29) is 0 Å². The molecule has 2 aromatic rings. The fourth-order valence-corrected chi connectivity index (χ4v) is 2.01. The second kappa shape index (κ2) is 6.82. The summed E-state index contributed by atoms with van der Waals surface area (Å²) < 4.78 is 11.0. The normalized spacial score (nSPS) is 10.7. The van der Waals surface area contributed by atoms with Crippen molar-refractivity contribution in [3.05, 3.63) is 58.6 Å². The number of halogens is 1. The Hall–Kier alpha value is -2.20. The summed E-state index contributed by atoms with van der Waals surface area (Å²) in [5, 5.41) is 12.4. The van der Waals surface area contributed by atoms with E-state index in [9.17, 15) is 0 Å². The maximum atomic E-state index is 8.69. The van der Waals surface area contributed by atoms with Crippen LogP contribution >= 0.6 is 11.6 Å². The van der Waals surface area contributed by atoms with Gasteiger partial charge in [0.15, 0.2) is 11.5 Å². The first-order chi connectivity index (χ1) is 9.74. The number of hydrogen-bond acceptors (Lipinski definition) is 4.